The van der Waals surface area contributed by atoms with E-state index in [0.29, 0.717) is 12.5 Å². The minimum absolute atomic E-state index is 0.273. The van der Waals surface area contributed by atoms with Crippen molar-refractivity contribution in [1.29, 1.82) is 0 Å². The number of hydrogen-bond acceptors (Lipinski definition) is 5. The maximum atomic E-state index is 5.55. The molecule has 1 fully saturated rings. The van der Waals surface area contributed by atoms with Crippen LogP contribution in [0, 0.1) is 12.8 Å². The topological polar surface area (TPSA) is 47.5 Å². The zero-order valence-corrected chi connectivity index (χ0v) is 12.2. The third kappa shape index (κ3) is 3.42. The van der Waals surface area contributed by atoms with E-state index in [1.54, 1.807) is 14.2 Å². The number of aromatic nitrogens is 2. The van der Waals surface area contributed by atoms with Gasteiger partial charge >= 0.3 is 0 Å². The van der Waals surface area contributed by atoms with Crippen LogP contribution < -0.4 is 4.90 Å². The van der Waals surface area contributed by atoms with Crippen molar-refractivity contribution >= 4 is 5.82 Å². The average molecular weight is 265 g/mol. The number of anilines is 1. The molecule has 1 aliphatic rings. The first-order chi connectivity index (χ1) is 9.13. The molecule has 0 amide bonds. The summed E-state index contributed by atoms with van der Waals surface area (Å²) in [7, 11) is 3.45. The van der Waals surface area contributed by atoms with E-state index in [-0.39, 0.29) is 6.10 Å². The first kappa shape index (κ1) is 14.2. The lowest BCUT2D eigenvalue weighted by atomic mass is 9.96. The van der Waals surface area contributed by atoms with Crippen LogP contribution in [-0.2, 0) is 16.1 Å². The highest BCUT2D eigenvalue weighted by atomic mass is 16.5. The van der Waals surface area contributed by atoms with Crippen LogP contribution >= 0.6 is 0 Å². The summed E-state index contributed by atoms with van der Waals surface area (Å²) in [5.41, 5.74) is 0.977. The van der Waals surface area contributed by atoms with Gasteiger partial charge in [-0.3, -0.25) is 0 Å². The van der Waals surface area contributed by atoms with Crippen molar-refractivity contribution in [2.75, 3.05) is 32.2 Å². The van der Waals surface area contributed by atoms with Crippen molar-refractivity contribution in [1.82, 2.24) is 9.97 Å². The minimum atomic E-state index is 0.273. The van der Waals surface area contributed by atoms with Gasteiger partial charge in [-0.15, -0.1) is 0 Å². The molecule has 106 valence electrons. The molecule has 0 N–H and O–H groups in total. The lowest BCUT2D eigenvalue weighted by molar-refractivity contribution is 0.0496. The van der Waals surface area contributed by atoms with Gasteiger partial charge in [-0.05, 0) is 19.3 Å². The van der Waals surface area contributed by atoms with Crippen LogP contribution in [-0.4, -0.2) is 43.4 Å². The summed E-state index contributed by atoms with van der Waals surface area (Å²) in [5.74, 6) is 2.32. The fourth-order valence-electron chi connectivity index (χ4n) is 2.52. The number of rotatable bonds is 4. The highest BCUT2D eigenvalue weighted by Gasteiger charge is 2.27. The van der Waals surface area contributed by atoms with Crippen LogP contribution in [0.1, 0.15) is 24.9 Å². The molecule has 1 aromatic heterocycles. The van der Waals surface area contributed by atoms with E-state index in [0.717, 1.165) is 36.8 Å². The summed E-state index contributed by atoms with van der Waals surface area (Å²) in [6.45, 7) is 6.59. The quantitative estimate of drug-likeness (QED) is 0.830. The Morgan fingerprint density at radius 2 is 2.16 bits per heavy atom. The van der Waals surface area contributed by atoms with Gasteiger partial charge in [0.1, 0.15) is 12.4 Å². The van der Waals surface area contributed by atoms with Gasteiger partial charge in [0.25, 0.3) is 0 Å². The van der Waals surface area contributed by atoms with Crippen LogP contribution in [0.5, 0.6) is 0 Å². The molecule has 2 rings (SSSR count). The van der Waals surface area contributed by atoms with Crippen molar-refractivity contribution in [2.45, 2.75) is 33.0 Å². The predicted octanol–water partition coefficient (Wildman–Crippen LogP) is 1.79. The molecule has 2 heterocycles. The monoisotopic (exact) mass is 265 g/mol. The molecular formula is C14H23N3O2. The number of aryl methyl sites for hydroxylation is 1. The standard InChI is InChI=1S/C14H23N3O2/c1-10-5-6-17(8-12(10)19-4)14-7-11(2)15-13(16-14)9-18-3/h7,10,12H,5-6,8-9H2,1-4H3. The van der Waals surface area contributed by atoms with Gasteiger partial charge in [-0.25, -0.2) is 9.97 Å². The number of nitrogens with zero attached hydrogens (tertiary/aromatic N) is 3. The fraction of sp³-hybridized carbons (Fsp3) is 0.714. The molecular weight excluding hydrogens is 242 g/mol. The second-order valence-corrected chi connectivity index (χ2v) is 5.20. The van der Waals surface area contributed by atoms with Crippen LogP contribution in [0.25, 0.3) is 0 Å². The second-order valence-electron chi connectivity index (χ2n) is 5.20. The van der Waals surface area contributed by atoms with Crippen molar-refractivity contribution in [3.63, 3.8) is 0 Å². The molecule has 0 saturated carbocycles. The van der Waals surface area contributed by atoms with Gasteiger partial charge in [0.05, 0.1) is 6.10 Å². The molecule has 2 unspecified atom stereocenters. The van der Waals surface area contributed by atoms with E-state index >= 15 is 0 Å². The molecule has 1 aromatic rings. The van der Waals surface area contributed by atoms with Gasteiger partial charge < -0.3 is 14.4 Å². The van der Waals surface area contributed by atoms with Gasteiger partial charge in [-0.1, -0.05) is 6.92 Å². The normalized spacial score (nSPS) is 23.7. The zero-order valence-electron chi connectivity index (χ0n) is 12.2. The highest BCUT2D eigenvalue weighted by Crippen LogP contribution is 2.24. The van der Waals surface area contributed by atoms with E-state index in [1.807, 2.05) is 13.0 Å². The Morgan fingerprint density at radius 3 is 2.84 bits per heavy atom. The Hall–Kier alpha value is -1.20. The van der Waals surface area contributed by atoms with Crippen molar-refractivity contribution in [3.8, 4) is 0 Å². The molecule has 19 heavy (non-hydrogen) atoms. The molecule has 0 radical (unpaired) electrons. The molecule has 5 heteroatoms. The first-order valence-electron chi connectivity index (χ1n) is 6.75. The lowest BCUT2D eigenvalue weighted by Gasteiger charge is -2.37. The van der Waals surface area contributed by atoms with Crippen molar-refractivity contribution < 1.29 is 9.47 Å². The second kappa shape index (κ2) is 6.30. The number of methoxy groups -OCH3 is 2. The van der Waals surface area contributed by atoms with E-state index in [4.69, 9.17) is 9.47 Å². The van der Waals surface area contributed by atoms with Crippen LogP contribution in [0.2, 0.25) is 0 Å². The Labute approximate surface area is 115 Å². The van der Waals surface area contributed by atoms with E-state index < -0.39 is 0 Å². The Balaban J connectivity index is 2.17. The van der Waals surface area contributed by atoms with Crippen LogP contribution in [0.15, 0.2) is 6.07 Å². The Bertz CT molecular complexity index is 425. The molecule has 0 aliphatic carbocycles. The van der Waals surface area contributed by atoms with Gasteiger partial charge in [0.15, 0.2) is 5.82 Å². The smallest absolute Gasteiger partial charge is 0.156 e. The summed E-state index contributed by atoms with van der Waals surface area (Å²) < 4.78 is 10.7. The average Bonchev–Trinajstić information content (AvgIpc) is 2.39. The Kier molecular flexibility index (Phi) is 4.71. The SMILES string of the molecule is COCc1nc(C)cc(N2CCC(C)C(OC)C2)n1. The maximum absolute atomic E-state index is 5.55. The highest BCUT2D eigenvalue weighted by molar-refractivity contribution is 5.40. The van der Waals surface area contributed by atoms with E-state index in [1.165, 1.54) is 0 Å². The predicted molar refractivity (Wildman–Crippen MR) is 74.3 cm³/mol. The Morgan fingerprint density at radius 1 is 1.37 bits per heavy atom. The van der Waals surface area contributed by atoms with Gasteiger partial charge in [-0.2, -0.15) is 0 Å². The van der Waals surface area contributed by atoms with E-state index in [2.05, 4.69) is 21.8 Å². The van der Waals surface area contributed by atoms with E-state index in [9.17, 15) is 0 Å². The summed E-state index contributed by atoms with van der Waals surface area (Å²) >= 11 is 0. The third-order valence-corrected chi connectivity index (χ3v) is 3.68. The molecule has 1 saturated heterocycles. The number of piperidine rings is 1. The molecule has 1 aliphatic heterocycles. The molecule has 0 spiro atoms. The fourth-order valence-corrected chi connectivity index (χ4v) is 2.52. The number of hydrogen-bond donors (Lipinski definition) is 0. The zero-order chi connectivity index (χ0) is 13.8. The number of ether oxygens (including phenoxy) is 2. The summed E-state index contributed by atoms with van der Waals surface area (Å²) in [4.78, 5) is 11.2. The first-order valence-corrected chi connectivity index (χ1v) is 6.75. The summed E-state index contributed by atoms with van der Waals surface area (Å²) in [6.07, 6.45) is 1.40. The van der Waals surface area contributed by atoms with Gasteiger partial charge in [0, 0.05) is 39.1 Å². The summed E-state index contributed by atoms with van der Waals surface area (Å²) in [6, 6.07) is 2.03. The van der Waals surface area contributed by atoms with Gasteiger partial charge in [0.2, 0.25) is 0 Å². The third-order valence-electron chi connectivity index (χ3n) is 3.68. The molecule has 5 nitrogen and oxygen atoms in total. The molecule has 0 bridgehead atoms. The maximum Gasteiger partial charge on any atom is 0.156 e. The minimum Gasteiger partial charge on any atom is -0.379 e. The van der Waals surface area contributed by atoms with Crippen LogP contribution in [0.3, 0.4) is 0 Å². The summed E-state index contributed by atoms with van der Waals surface area (Å²) in [5, 5.41) is 0. The molecule has 2 atom stereocenters. The molecule has 0 aromatic carbocycles. The van der Waals surface area contributed by atoms with Crippen molar-refractivity contribution in [3.05, 3.63) is 17.6 Å². The van der Waals surface area contributed by atoms with Crippen LogP contribution in [0.4, 0.5) is 5.82 Å². The van der Waals surface area contributed by atoms with Crippen molar-refractivity contribution in [2.24, 2.45) is 5.92 Å². The largest absolute Gasteiger partial charge is 0.379 e. The lowest BCUT2D eigenvalue weighted by Crippen LogP contribution is -2.44.